The van der Waals surface area contributed by atoms with Crippen molar-refractivity contribution in [3.05, 3.63) is 65.5 Å². The largest absolute Gasteiger partial charge is 0.416 e. The molecule has 0 spiro atoms. The van der Waals surface area contributed by atoms with Crippen LogP contribution in [0.1, 0.15) is 47.0 Å². The predicted octanol–water partition coefficient (Wildman–Crippen LogP) is 4.99. The third-order valence-corrected chi connectivity index (χ3v) is 6.41. The summed E-state index contributed by atoms with van der Waals surface area (Å²) in [5, 5.41) is 4.10. The van der Waals surface area contributed by atoms with E-state index in [-0.39, 0.29) is 11.5 Å². The zero-order chi connectivity index (χ0) is 23.0. The van der Waals surface area contributed by atoms with E-state index in [2.05, 4.69) is 15.0 Å². The van der Waals surface area contributed by atoms with Gasteiger partial charge in [0.2, 0.25) is 11.7 Å². The zero-order valence-electron chi connectivity index (χ0n) is 17.9. The number of carbonyl (C=O) groups excluding carboxylic acids is 1. The Bertz CT molecular complexity index is 1110. The van der Waals surface area contributed by atoms with Crippen molar-refractivity contribution in [3.8, 4) is 11.4 Å². The second kappa shape index (κ2) is 8.53. The van der Waals surface area contributed by atoms with Crippen LogP contribution in [-0.2, 0) is 6.18 Å². The first-order valence-electron chi connectivity index (χ1n) is 11.0. The molecule has 0 N–H and O–H groups in total. The summed E-state index contributed by atoms with van der Waals surface area (Å²) in [6.07, 6.45) is -0.993. The lowest BCUT2D eigenvalue weighted by molar-refractivity contribution is -0.137. The molecular weight excluding hydrogens is 433 g/mol. The Morgan fingerprint density at radius 3 is 2.18 bits per heavy atom. The van der Waals surface area contributed by atoms with E-state index in [1.165, 1.54) is 18.6 Å². The summed E-state index contributed by atoms with van der Waals surface area (Å²) in [5.74, 6) is 1.45. The molecule has 2 aromatic carbocycles. The van der Waals surface area contributed by atoms with Crippen molar-refractivity contribution in [1.29, 1.82) is 0 Å². The number of piperazine rings is 1. The topological polar surface area (TPSA) is 62.5 Å². The number of rotatable bonds is 4. The Labute approximate surface area is 189 Å². The Balaban J connectivity index is 1.18. The van der Waals surface area contributed by atoms with Crippen molar-refractivity contribution in [3.63, 3.8) is 0 Å². The molecule has 1 saturated heterocycles. The van der Waals surface area contributed by atoms with Gasteiger partial charge >= 0.3 is 6.18 Å². The Morgan fingerprint density at radius 1 is 0.939 bits per heavy atom. The molecule has 6 nitrogen and oxygen atoms in total. The molecule has 1 amide bonds. The molecule has 1 aromatic heterocycles. The highest BCUT2D eigenvalue weighted by molar-refractivity contribution is 5.94. The molecule has 0 atom stereocenters. The van der Waals surface area contributed by atoms with Gasteiger partial charge in [0.25, 0.3) is 5.91 Å². The van der Waals surface area contributed by atoms with E-state index in [1.807, 2.05) is 24.3 Å². The van der Waals surface area contributed by atoms with E-state index in [0.717, 1.165) is 36.2 Å². The fraction of sp³-hybridized carbons (Fsp3) is 0.375. The summed E-state index contributed by atoms with van der Waals surface area (Å²) in [6, 6.07) is 12.3. The first-order valence-corrected chi connectivity index (χ1v) is 11.0. The molecule has 0 bridgehead atoms. The van der Waals surface area contributed by atoms with Crippen molar-refractivity contribution >= 4 is 11.6 Å². The molecule has 9 heteroatoms. The smallest absolute Gasteiger partial charge is 0.368 e. The number of hydrogen-bond donors (Lipinski definition) is 0. The van der Waals surface area contributed by atoms with E-state index < -0.39 is 11.7 Å². The summed E-state index contributed by atoms with van der Waals surface area (Å²) in [7, 11) is 0. The Kier molecular flexibility index (Phi) is 5.55. The number of benzene rings is 2. The van der Waals surface area contributed by atoms with Gasteiger partial charge in [0.1, 0.15) is 0 Å². The lowest BCUT2D eigenvalue weighted by Gasteiger charge is -2.36. The highest BCUT2D eigenvalue weighted by Crippen LogP contribution is 2.36. The molecule has 3 aromatic rings. The van der Waals surface area contributed by atoms with Crippen LogP contribution in [0.4, 0.5) is 18.9 Å². The minimum absolute atomic E-state index is 0.252. The average molecular weight is 456 g/mol. The maximum absolute atomic E-state index is 12.7. The second-order valence-electron chi connectivity index (χ2n) is 8.49. The minimum atomic E-state index is -4.41. The maximum atomic E-state index is 12.7. The molecule has 2 heterocycles. The van der Waals surface area contributed by atoms with Gasteiger partial charge in [-0.3, -0.25) is 4.79 Å². The molecule has 1 aliphatic carbocycles. The molecule has 5 rings (SSSR count). The first kappa shape index (κ1) is 21.5. The molecule has 1 saturated carbocycles. The van der Waals surface area contributed by atoms with Gasteiger partial charge in [0.15, 0.2) is 0 Å². The zero-order valence-corrected chi connectivity index (χ0v) is 17.9. The van der Waals surface area contributed by atoms with Crippen molar-refractivity contribution in [2.24, 2.45) is 0 Å². The monoisotopic (exact) mass is 456 g/mol. The fourth-order valence-corrected chi connectivity index (χ4v) is 4.15. The molecule has 172 valence electrons. The molecule has 1 aliphatic heterocycles. The van der Waals surface area contributed by atoms with Crippen LogP contribution in [0, 0.1) is 0 Å². The number of nitrogens with zero attached hydrogens (tertiary/aromatic N) is 4. The van der Waals surface area contributed by atoms with Crippen LogP contribution in [0.15, 0.2) is 53.1 Å². The highest BCUT2D eigenvalue weighted by Gasteiger charge is 2.31. The lowest BCUT2D eigenvalue weighted by Crippen LogP contribution is -2.48. The third-order valence-electron chi connectivity index (χ3n) is 6.41. The van der Waals surface area contributed by atoms with Gasteiger partial charge in [-0.25, -0.2) is 0 Å². The quantitative estimate of drug-likeness (QED) is 0.554. The van der Waals surface area contributed by atoms with Gasteiger partial charge in [-0.2, -0.15) is 18.2 Å². The molecule has 0 unspecified atom stereocenters. The normalized spacial score (nSPS) is 17.2. The third kappa shape index (κ3) is 4.44. The summed E-state index contributed by atoms with van der Waals surface area (Å²) >= 11 is 0. The van der Waals surface area contributed by atoms with Crippen LogP contribution < -0.4 is 4.90 Å². The summed E-state index contributed by atoms with van der Waals surface area (Å²) in [5.41, 5.74) is 1.43. The van der Waals surface area contributed by atoms with Crippen LogP contribution in [-0.4, -0.2) is 47.1 Å². The molecule has 2 aliphatic rings. The second-order valence-corrected chi connectivity index (χ2v) is 8.49. The van der Waals surface area contributed by atoms with Crippen LogP contribution in [0.25, 0.3) is 11.4 Å². The SMILES string of the molecule is O=C(c1ccc(C(F)(F)F)cc1)N1CCN(c2ccc(-c3noc(C4CCC4)n3)cc2)CC1. The number of alkyl halides is 3. The highest BCUT2D eigenvalue weighted by atomic mass is 19.4. The van der Waals surface area contributed by atoms with Gasteiger partial charge < -0.3 is 14.3 Å². The van der Waals surface area contributed by atoms with E-state index in [4.69, 9.17) is 4.52 Å². The Morgan fingerprint density at radius 2 is 1.61 bits per heavy atom. The van der Waals surface area contributed by atoms with Crippen LogP contribution >= 0.6 is 0 Å². The number of halogens is 3. The predicted molar refractivity (Wildman–Crippen MR) is 116 cm³/mol. The number of amides is 1. The first-order chi connectivity index (χ1) is 15.9. The number of anilines is 1. The van der Waals surface area contributed by atoms with Gasteiger partial charge in [-0.05, 0) is 61.4 Å². The minimum Gasteiger partial charge on any atom is -0.368 e. The molecule has 2 fully saturated rings. The van der Waals surface area contributed by atoms with Gasteiger partial charge in [-0.1, -0.05) is 11.6 Å². The number of hydrogen-bond acceptors (Lipinski definition) is 5. The van der Waals surface area contributed by atoms with E-state index in [0.29, 0.717) is 43.8 Å². The summed E-state index contributed by atoms with van der Waals surface area (Å²) < 4.78 is 43.6. The van der Waals surface area contributed by atoms with E-state index in [9.17, 15) is 18.0 Å². The van der Waals surface area contributed by atoms with Crippen molar-refractivity contribution < 1.29 is 22.5 Å². The van der Waals surface area contributed by atoms with Gasteiger partial charge in [0.05, 0.1) is 5.56 Å². The van der Waals surface area contributed by atoms with Crippen LogP contribution in [0.2, 0.25) is 0 Å². The molecular formula is C24H23F3N4O2. The van der Waals surface area contributed by atoms with Crippen molar-refractivity contribution in [2.45, 2.75) is 31.4 Å². The van der Waals surface area contributed by atoms with E-state index in [1.54, 1.807) is 4.90 Å². The maximum Gasteiger partial charge on any atom is 0.416 e. The Hall–Kier alpha value is -3.36. The summed E-state index contributed by atoms with van der Waals surface area (Å²) in [4.78, 5) is 21.1. The van der Waals surface area contributed by atoms with Crippen molar-refractivity contribution in [1.82, 2.24) is 15.0 Å². The standard InChI is InChI=1S/C24H23F3N4O2/c25-24(26,27)19-8-4-18(5-9-19)23(32)31-14-12-30(13-15-31)20-10-6-16(7-11-20)21-28-22(33-29-21)17-2-1-3-17/h4-11,17H,1-3,12-15H2. The van der Waals surface area contributed by atoms with E-state index >= 15 is 0 Å². The van der Waals surface area contributed by atoms with Crippen molar-refractivity contribution in [2.75, 3.05) is 31.1 Å². The van der Waals surface area contributed by atoms with Gasteiger partial charge in [-0.15, -0.1) is 0 Å². The average Bonchev–Trinajstić information content (AvgIpc) is 3.26. The fourth-order valence-electron chi connectivity index (χ4n) is 4.15. The molecule has 33 heavy (non-hydrogen) atoms. The van der Waals surface area contributed by atoms with Crippen LogP contribution in [0.3, 0.4) is 0 Å². The summed E-state index contributed by atoms with van der Waals surface area (Å²) in [6.45, 7) is 2.27. The van der Waals surface area contributed by atoms with Gasteiger partial charge in [0, 0.05) is 48.9 Å². The van der Waals surface area contributed by atoms with Crippen LogP contribution in [0.5, 0.6) is 0 Å². The number of carbonyl (C=O) groups is 1. The number of aromatic nitrogens is 2. The molecule has 0 radical (unpaired) electrons. The lowest BCUT2D eigenvalue weighted by atomic mass is 9.85.